The van der Waals surface area contributed by atoms with Crippen LogP contribution in [0.5, 0.6) is 0 Å². The molecule has 2 aromatic heterocycles. The Hall–Kier alpha value is -1.90. The third kappa shape index (κ3) is 0.865. The van der Waals surface area contributed by atoms with Crippen molar-refractivity contribution in [2.75, 3.05) is 0 Å². The first kappa shape index (κ1) is 7.50. The van der Waals surface area contributed by atoms with E-state index in [1.807, 2.05) is 18.2 Å². The first-order valence-electron chi connectivity index (χ1n) is 4.36. The summed E-state index contributed by atoms with van der Waals surface area (Å²) in [6, 6.07) is 7.35. The Labute approximate surface area is 79.6 Å². The highest BCUT2D eigenvalue weighted by Crippen LogP contribution is 2.21. The van der Waals surface area contributed by atoms with Gasteiger partial charge in [0.05, 0.1) is 0 Å². The molecular weight excluding hydrogens is 179 g/mol. The van der Waals surface area contributed by atoms with Crippen molar-refractivity contribution in [1.29, 1.82) is 0 Å². The second-order valence-electron chi connectivity index (χ2n) is 3.18. The first-order chi connectivity index (χ1) is 6.86. The Morgan fingerprint density at radius 2 is 1.93 bits per heavy atom. The molecule has 0 aliphatic carbocycles. The van der Waals surface area contributed by atoms with Crippen molar-refractivity contribution in [1.82, 2.24) is 9.38 Å². The molecule has 2 heterocycles. The number of rotatable bonds is 0. The monoisotopic (exact) mass is 186 g/mol. The molecule has 3 heteroatoms. The number of pyridine rings is 1. The van der Waals surface area contributed by atoms with E-state index in [9.17, 15) is 4.39 Å². The molecule has 0 saturated carbocycles. The number of hydrogen-bond acceptors (Lipinski definition) is 1. The van der Waals surface area contributed by atoms with Gasteiger partial charge in [-0.2, -0.15) is 0 Å². The van der Waals surface area contributed by atoms with Crippen LogP contribution in [0, 0.1) is 5.82 Å². The van der Waals surface area contributed by atoms with Gasteiger partial charge >= 0.3 is 0 Å². The highest BCUT2D eigenvalue weighted by atomic mass is 19.1. The van der Waals surface area contributed by atoms with Gasteiger partial charge in [0.1, 0.15) is 11.5 Å². The minimum atomic E-state index is -0.217. The summed E-state index contributed by atoms with van der Waals surface area (Å²) in [5.41, 5.74) is 0.794. The summed E-state index contributed by atoms with van der Waals surface area (Å²) in [5, 5.41) is 1.46. The molecule has 0 aliphatic heterocycles. The lowest BCUT2D eigenvalue weighted by Gasteiger charge is -2.01. The average Bonchev–Trinajstić information content (AvgIpc) is 2.66. The van der Waals surface area contributed by atoms with Gasteiger partial charge in [-0.1, -0.05) is 24.3 Å². The standard InChI is InChI=1S/C11H7FN2/c12-10-7-14-6-5-13-11(14)9-4-2-1-3-8(9)10/h1-7H. The van der Waals surface area contributed by atoms with Crippen LogP contribution in [0.4, 0.5) is 4.39 Å². The number of hydrogen-bond donors (Lipinski definition) is 0. The van der Waals surface area contributed by atoms with Gasteiger partial charge in [-0.3, -0.25) is 0 Å². The van der Waals surface area contributed by atoms with Crippen LogP contribution < -0.4 is 0 Å². The minimum absolute atomic E-state index is 0.217. The quantitative estimate of drug-likeness (QED) is 0.527. The van der Waals surface area contributed by atoms with E-state index in [2.05, 4.69) is 4.98 Å². The fourth-order valence-electron chi connectivity index (χ4n) is 1.70. The van der Waals surface area contributed by atoms with E-state index >= 15 is 0 Å². The van der Waals surface area contributed by atoms with Crippen molar-refractivity contribution in [3.8, 4) is 0 Å². The highest BCUT2D eigenvalue weighted by molar-refractivity contribution is 5.94. The Bertz CT molecular complexity index is 613. The summed E-state index contributed by atoms with van der Waals surface area (Å²) in [4.78, 5) is 4.18. The van der Waals surface area contributed by atoms with E-state index in [1.54, 1.807) is 22.9 Å². The molecule has 3 rings (SSSR count). The van der Waals surface area contributed by atoms with Crippen LogP contribution >= 0.6 is 0 Å². The molecule has 0 amide bonds. The molecule has 3 aromatic rings. The van der Waals surface area contributed by atoms with E-state index in [-0.39, 0.29) is 5.82 Å². The third-order valence-electron chi connectivity index (χ3n) is 2.35. The van der Waals surface area contributed by atoms with E-state index in [0.717, 1.165) is 11.0 Å². The molecule has 14 heavy (non-hydrogen) atoms. The van der Waals surface area contributed by atoms with Crippen molar-refractivity contribution < 1.29 is 4.39 Å². The normalized spacial score (nSPS) is 11.2. The number of halogens is 1. The molecule has 0 spiro atoms. The van der Waals surface area contributed by atoms with Crippen LogP contribution in [0.1, 0.15) is 0 Å². The lowest BCUT2D eigenvalue weighted by molar-refractivity contribution is 0.631. The molecule has 0 fully saturated rings. The number of nitrogens with zero attached hydrogens (tertiary/aromatic N) is 2. The summed E-state index contributed by atoms with van der Waals surface area (Å²) < 4.78 is 15.2. The van der Waals surface area contributed by atoms with Crippen molar-refractivity contribution in [2.24, 2.45) is 0 Å². The van der Waals surface area contributed by atoms with Crippen LogP contribution in [0.25, 0.3) is 16.4 Å². The van der Waals surface area contributed by atoms with Gasteiger partial charge < -0.3 is 4.40 Å². The van der Waals surface area contributed by atoms with E-state index in [1.165, 1.54) is 6.20 Å². The van der Waals surface area contributed by atoms with Gasteiger partial charge in [-0.15, -0.1) is 0 Å². The molecule has 1 aromatic carbocycles. The Balaban J connectivity index is 2.67. The zero-order chi connectivity index (χ0) is 9.54. The minimum Gasteiger partial charge on any atom is -0.304 e. The molecule has 0 aliphatic rings. The Morgan fingerprint density at radius 3 is 2.79 bits per heavy atom. The maximum Gasteiger partial charge on any atom is 0.147 e. The molecular formula is C11H7FN2. The summed E-state index contributed by atoms with van der Waals surface area (Å²) >= 11 is 0. The predicted molar refractivity (Wildman–Crippen MR) is 52.7 cm³/mol. The molecule has 0 radical (unpaired) electrons. The van der Waals surface area contributed by atoms with Crippen molar-refractivity contribution in [3.05, 3.63) is 48.7 Å². The molecule has 0 atom stereocenters. The fourth-order valence-corrected chi connectivity index (χ4v) is 1.70. The van der Waals surface area contributed by atoms with Gasteiger partial charge in [0.15, 0.2) is 0 Å². The van der Waals surface area contributed by atoms with E-state index in [0.29, 0.717) is 5.39 Å². The average molecular weight is 186 g/mol. The summed E-state index contributed by atoms with van der Waals surface area (Å²) in [5.74, 6) is -0.217. The molecule has 0 N–H and O–H groups in total. The van der Waals surface area contributed by atoms with Crippen LogP contribution in [0.2, 0.25) is 0 Å². The Morgan fingerprint density at radius 1 is 1.14 bits per heavy atom. The van der Waals surface area contributed by atoms with Gasteiger partial charge in [-0.25, -0.2) is 9.37 Å². The van der Waals surface area contributed by atoms with Crippen LogP contribution in [0.15, 0.2) is 42.9 Å². The zero-order valence-corrected chi connectivity index (χ0v) is 7.31. The van der Waals surface area contributed by atoms with Gasteiger partial charge in [0.2, 0.25) is 0 Å². The SMILES string of the molecule is Fc1cn2ccnc2c2ccccc12. The van der Waals surface area contributed by atoms with Gasteiger partial charge in [0.25, 0.3) is 0 Å². The van der Waals surface area contributed by atoms with Crippen LogP contribution in [0.3, 0.4) is 0 Å². The van der Waals surface area contributed by atoms with Gasteiger partial charge in [-0.05, 0) is 0 Å². The fraction of sp³-hybridized carbons (Fsp3) is 0. The van der Waals surface area contributed by atoms with Crippen LogP contribution in [-0.4, -0.2) is 9.38 Å². The maximum absolute atomic E-state index is 13.5. The largest absolute Gasteiger partial charge is 0.304 e. The molecule has 0 unspecified atom stereocenters. The highest BCUT2D eigenvalue weighted by Gasteiger charge is 2.05. The number of benzene rings is 1. The number of aromatic nitrogens is 2. The zero-order valence-electron chi connectivity index (χ0n) is 7.31. The van der Waals surface area contributed by atoms with Gasteiger partial charge in [0, 0.05) is 29.4 Å². The Kier molecular flexibility index (Phi) is 1.36. The lowest BCUT2D eigenvalue weighted by atomic mass is 10.1. The van der Waals surface area contributed by atoms with E-state index < -0.39 is 0 Å². The number of fused-ring (bicyclic) bond motifs is 3. The van der Waals surface area contributed by atoms with Crippen molar-refractivity contribution in [2.45, 2.75) is 0 Å². The second kappa shape index (κ2) is 2.54. The summed E-state index contributed by atoms with van der Waals surface area (Å²) in [7, 11) is 0. The second-order valence-corrected chi connectivity index (χ2v) is 3.18. The van der Waals surface area contributed by atoms with E-state index in [4.69, 9.17) is 0 Å². The molecule has 2 nitrogen and oxygen atoms in total. The van der Waals surface area contributed by atoms with Crippen molar-refractivity contribution in [3.63, 3.8) is 0 Å². The predicted octanol–water partition coefficient (Wildman–Crippen LogP) is 2.63. The smallest absolute Gasteiger partial charge is 0.147 e. The van der Waals surface area contributed by atoms with Crippen molar-refractivity contribution >= 4 is 16.4 Å². The summed E-state index contributed by atoms with van der Waals surface area (Å²) in [6.45, 7) is 0. The van der Waals surface area contributed by atoms with Crippen LogP contribution in [-0.2, 0) is 0 Å². The molecule has 0 saturated heterocycles. The topological polar surface area (TPSA) is 17.3 Å². The summed E-state index contributed by atoms with van der Waals surface area (Å²) in [6.07, 6.45) is 4.86. The third-order valence-corrected chi connectivity index (χ3v) is 2.35. The maximum atomic E-state index is 13.5. The molecule has 68 valence electrons. The number of imidazole rings is 1. The first-order valence-corrected chi connectivity index (χ1v) is 4.36. The molecule has 0 bridgehead atoms. The lowest BCUT2D eigenvalue weighted by Crippen LogP contribution is -1.88.